The zero-order chi connectivity index (χ0) is 13.3. The maximum Gasteiger partial charge on any atom is 0.128 e. The van der Waals surface area contributed by atoms with Crippen LogP contribution in [0.3, 0.4) is 0 Å². The van der Waals surface area contributed by atoms with E-state index in [0.29, 0.717) is 6.04 Å². The van der Waals surface area contributed by atoms with Gasteiger partial charge in [-0.1, -0.05) is 6.07 Å². The van der Waals surface area contributed by atoms with Gasteiger partial charge in [0.1, 0.15) is 5.82 Å². The fourth-order valence-electron chi connectivity index (χ4n) is 2.51. The molecule has 3 nitrogen and oxygen atoms in total. The summed E-state index contributed by atoms with van der Waals surface area (Å²) in [6, 6.07) is 6.77. The summed E-state index contributed by atoms with van der Waals surface area (Å²) in [5.41, 5.74) is 0. The molecule has 1 aliphatic rings. The molecule has 1 aromatic heterocycles. The number of unbranched alkanes of at least 4 members (excludes halogenated alkanes) is 2. The highest BCUT2D eigenvalue weighted by molar-refractivity contribution is 5.38. The monoisotopic (exact) mass is 257 g/mol. The second-order valence-corrected chi connectivity index (χ2v) is 5.06. The molecule has 1 saturated heterocycles. The molecule has 0 spiro atoms. The molecule has 19 heavy (non-hydrogen) atoms. The third kappa shape index (κ3) is 4.57. The Morgan fingerprint density at radius 1 is 1.32 bits per heavy atom. The standard InChI is InChI=1S/C16H23N3/c1-2-3-4-6-11-17-15-9-13-19(14-10-15)16-8-5-7-12-18-16/h1,5,7-8,12,15,17H,3-4,6,9-11,13-14H2. The van der Waals surface area contributed by atoms with Gasteiger partial charge in [-0.2, -0.15) is 0 Å². The van der Waals surface area contributed by atoms with E-state index < -0.39 is 0 Å². The first kappa shape index (κ1) is 13.9. The number of terminal acetylenes is 1. The Morgan fingerprint density at radius 3 is 2.84 bits per heavy atom. The fraction of sp³-hybridized carbons (Fsp3) is 0.562. The number of nitrogens with one attached hydrogen (secondary N) is 1. The van der Waals surface area contributed by atoms with E-state index in [-0.39, 0.29) is 0 Å². The maximum absolute atomic E-state index is 5.24. The van der Waals surface area contributed by atoms with Gasteiger partial charge in [-0.05, 0) is 44.4 Å². The predicted octanol–water partition coefficient (Wildman–Crippen LogP) is 2.44. The Kier molecular flexibility index (Phi) is 5.71. The molecule has 1 aliphatic heterocycles. The van der Waals surface area contributed by atoms with Crippen molar-refractivity contribution in [2.75, 3.05) is 24.5 Å². The van der Waals surface area contributed by atoms with Crippen molar-refractivity contribution in [2.24, 2.45) is 0 Å². The van der Waals surface area contributed by atoms with Gasteiger partial charge in [0, 0.05) is 31.7 Å². The van der Waals surface area contributed by atoms with E-state index in [1.54, 1.807) is 0 Å². The van der Waals surface area contributed by atoms with Crippen molar-refractivity contribution < 1.29 is 0 Å². The minimum Gasteiger partial charge on any atom is -0.357 e. The lowest BCUT2D eigenvalue weighted by Crippen LogP contribution is -2.43. The van der Waals surface area contributed by atoms with E-state index >= 15 is 0 Å². The van der Waals surface area contributed by atoms with Crippen LogP contribution in [0.1, 0.15) is 32.1 Å². The van der Waals surface area contributed by atoms with Crippen LogP contribution in [0.2, 0.25) is 0 Å². The van der Waals surface area contributed by atoms with Gasteiger partial charge in [-0.15, -0.1) is 12.3 Å². The Morgan fingerprint density at radius 2 is 2.16 bits per heavy atom. The van der Waals surface area contributed by atoms with Crippen LogP contribution < -0.4 is 10.2 Å². The van der Waals surface area contributed by atoms with Crippen molar-refractivity contribution in [2.45, 2.75) is 38.1 Å². The van der Waals surface area contributed by atoms with Crippen molar-refractivity contribution in [3.05, 3.63) is 24.4 Å². The number of hydrogen-bond acceptors (Lipinski definition) is 3. The highest BCUT2D eigenvalue weighted by atomic mass is 15.2. The molecular formula is C16H23N3. The lowest BCUT2D eigenvalue weighted by molar-refractivity contribution is 0.410. The molecule has 0 saturated carbocycles. The van der Waals surface area contributed by atoms with Gasteiger partial charge in [-0.25, -0.2) is 4.98 Å². The van der Waals surface area contributed by atoms with Gasteiger partial charge in [0.05, 0.1) is 0 Å². The number of piperidine rings is 1. The molecule has 0 amide bonds. The summed E-state index contributed by atoms with van der Waals surface area (Å²) >= 11 is 0. The molecule has 3 heteroatoms. The number of hydrogen-bond donors (Lipinski definition) is 1. The number of pyridine rings is 1. The van der Waals surface area contributed by atoms with Gasteiger partial charge >= 0.3 is 0 Å². The Hall–Kier alpha value is -1.53. The predicted molar refractivity (Wildman–Crippen MR) is 80.2 cm³/mol. The van der Waals surface area contributed by atoms with Crippen LogP contribution in [0, 0.1) is 12.3 Å². The van der Waals surface area contributed by atoms with Crippen molar-refractivity contribution in [1.82, 2.24) is 10.3 Å². The normalized spacial score (nSPS) is 16.3. The van der Waals surface area contributed by atoms with E-state index in [1.807, 2.05) is 12.3 Å². The van der Waals surface area contributed by atoms with Gasteiger partial charge in [-0.3, -0.25) is 0 Å². The topological polar surface area (TPSA) is 28.2 Å². The molecule has 0 bridgehead atoms. The molecule has 1 aromatic rings. The average molecular weight is 257 g/mol. The molecule has 102 valence electrons. The second kappa shape index (κ2) is 7.81. The molecule has 0 aromatic carbocycles. The molecular weight excluding hydrogens is 234 g/mol. The zero-order valence-electron chi connectivity index (χ0n) is 11.5. The summed E-state index contributed by atoms with van der Waals surface area (Å²) in [7, 11) is 0. The van der Waals surface area contributed by atoms with E-state index in [0.717, 1.165) is 38.3 Å². The molecule has 0 atom stereocenters. The van der Waals surface area contributed by atoms with Crippen LogP contribution in [0.25, 0.3) is 0 Å². The minimum atomic E-state index is 0.658. The molecule has 0 radical (unpaired) electrons. The molecule has 0 aliphatic carbocycles. The molecule has 1 N–H and O–H groups in total. The first-order chi connectivity index (χ1) is 9.40. The van der Waals surface area contributed by atoms with Gasteiger partial charge in [0.25, 0.3) is 0 Å². The molecule has 0 unspecified atom stereocenters. The fourth-order valence-corrected chi connectivity index (χ4v) is 2.51. The quantitative estimate of drug-likeness (QED) is 0.627. The molecule has 2 rings (SSSR count). The summed E-state index contributed by atoms with van der Waals surface area (Å²) in [5.74, 6) is 3.80. The van der Waals surface area contributed by atoms with Crippen molar-refractivity contribution in [3.63, 3.8) is 0 Å². The van der Waals surface area contributed by atoms with Gasteiger partial charge < -0.3 is 10.2 Å². The number of rotatable bonds is 6. The van der Waals surface area contributed by atoms with Crippen LogP contribution in [0.4, 0.5) is 5.82 Å². The summed E-state index contributed by atoms with van der Waals surface area (Å²) in [6.07, 6.45) is 12.7. The first-order valence-corrected chi connectivity index (χ1v) is 7.23. The van der Waals surface area contributed by atoms with E-state index in [9.17, 15) is 0 Å². The summed E-state index contributed by atoms with van der Waals surface area (Å²) in [5, 5.41) is 3.64. The highest BCUT2D eigenvalue weighted by Crippen LogP contribution is 2.17. The third-order valence-electron chi connectivity index (χ3n) is 3.65. The Balaban J connectivity index is 1.64. The minimum absolute atomic E-state index is 0.658. The number of aromatic nitrogens is 1. The van der Waals surface area contributed by atoms with Crippen molar-refractivity contribution in [3.8, 4) is 12.3 Å². The summed E-state index contributed by atoms with van der Waals surface area (Å²) in [4.78, 5) is 6.78. The van der Waals surface area contributed by atoms with Gasteiger partial charge in [0.15, 0.2) is 0 Å². The number of anilines is 1. The Bertz CT molecular complexity index is 388. The maximum atomic E-state index is 5.24. The van der Waals surface area contributed by atoms with E-state index in [1.165, 1.54) is 19.3 Å². The largest absolute Gasteiger partial charge is 0.357 e. The molecule has 2 heterocycles. The van der Waals surface area contributed by atoms with Crippen LogP contribution in [0.5, 0.6) is 0 Å². The van der Waals surface area contributed by atoms with Crippen LogP contribution in [-0.4, -0.2) is 30.7 Å². The third-order valence-corrected chi connectivity index (χ3v) is 3.65. The lowest BCUT2D eigenvalue weighted by atomic mass is 10.0. The van der Waals surface area contributed by atoms with Crippen LogP contribution in [-0.2, 0) is 0 Å². The van der Waals surface area contributed by atoms with Crippen LogP contribution >= 0.6 is 0 Å². The Labute approximate surface area is 116 Å². The second-order valence-electron chi connectivity index (χ2n) is 5.06. The van der Waals surface area contributed by atoms with Crippen molar-refractivity contribution in [1.29, 1.82) is 0 Å². The molecule has 1 fully saturated rings. The highest BCUT2D eigenvalue weighted by Gasteiger charge is 2.19. The SMILES string of the molecule is C#CCCCCNC1CCN(c2ccccn2)CC1. The summed E-state index contributed by atoms with van der Waals surface area (Å²) in [6.45, 7) is 3.29. The average Bonchev–Trinajstić information content (AvgIpc) is 2.49. The van der Waals surface area contributed by atoms with Gasteiger partial charge in [0.2, 0.25) is 0 Å². The van der Waals surface area contributed by atoms with E-state index in [2.05, 4.69) is 33.3 Å². The van der Waals surface area contributed by atoms with Crippen molar-refractivity contribution >= 4 is 5.82 Å². The number of nitrogens with zero attached hydrogens (tertiary/aromatic N) is 2. The smallest absolute Gasteiger partial charge is 0.128 e. The van der Waals surface area contributed by atoms with E-state index in [4.69, 9.17) is 6.42 Å². The zero-order valence-corrected chi connectivity index (χ0v) is 11.5. The summed E-state index contributed by atoms with van der Waals surface area (Å²) < 4.78 is 0. The first-order valence-electron chi connectivity index (χ1n) is 7.23. The lowest BCUT2D eigenvalue weighted by Gasteiger charge is -2.33. The van der Waals surface area contributed by atoms with Crippen LogP contribution in [0.15, 0.2) is 24.4 Å².